The molecule has 7 nitrogen and oxygen atoms in total. The fraction of sp³-hybridized carbons (Fsp3) is 0.700. The lowest BCUT2D eigenvalue weighted by Gasteiger charge is -2.44. The Bertz CT molecular complexity index is 404. The Morgan fingerprint density at radius 1 is 1.59 bits per heavy atom. The van der Waals surface area contributed by atoms with Gasteiger partial charge in [-0.25, -0.2) is 4.79 Å². The molecule has 7 heteroatoms. The number of aromatic amines is 1. The lowest BCUT2D eigenvalue weighted by atomic mass is 9.91. The van der Waals surface area contributed by atoms with E-state index in [1.807, 2.05) is 0 Å². The third kappa shape index (κ3) is 2.38. The van der Waals surface area contributed by atoms with E-state index in [1.165, 1.54) is 11.1 Å². The number of nitrogens with zero attached hydrogens (tertiary/aromatic N) is 3. The Balaban J connectivity index is 1.93. The van der Waals surface area contributed by atoms with Crippen LogP contribution in [0.25, 0.3) is 0 Å². The van der Waals surface area contributed by atoms with Gasteiger partial charge in [-0.15, -0.1) is 0 Å². The van der Waals surface area contributed by atoms with Crippen LogP contribution in [0.15, 0.2) is 6.20 Å². The third-order valence-corrected chi connectivity index (χ3v) is 2.45. The van der Waals surface area contributed by atoms with E-state index in [0.717, 1.165) is 0 Å². The minimum Gasteiger partial charge on any atom is -0.444 e. The topological polar surface area (TPSA) is 91.3 Å². The second-order valence-electron chi connectivity index (χ2n) is 5.22. The first-order valence-corrected chi connectivity index (χ1v) is 5.37. The van der Waals surface area contributed by atoms with Gasteiger partial charge in [0.2, 0.25) is 0 Å². The fourth-order valence-corrected chi connectivity index (χ4v) is 1.63. The number of likely N-dealkylation sites (tertiary alicyclic amines) is 1. The SMILES string of the molecule is CC(C)(C)OC(=O)N1CC(O)(c2cn[nH]n2)C1. The minimum absolute atomic E-state index is 0.175. The molecule has 0 aliphatic carbocycles. The molecule has 0 unspecified atom stereocenters. The highest BCUT2D eigenvalue weighted by Gasteiger charge is 2.48. The molecule has 1 aromatic rings. The highest BCUT2D eigenvalue weighted by Crippen LogP contribution is 2.30. The summed E-state index contributed by atoms with van der Waals surface area (Å²) >= 11 is 0. The molecule has 2 N–H and O–H groups in total. The molecule has 0 aromatic carbocycles. The highest BCUT2D eigenvalue weighted by atomic mass is 16.6. The van der Waals surface area contributed by atoms with Gasteiger partial charge in [0.05, 0.1) is 19.3 Å². The smallest absolute Gasteiger partial charge is 0.410 e. The first kappa shape index (κ1) is 11.8. The van der Waals surface area contributed by atoms with Crippen LogP contribution in [0.1, 0.15) is 26.5 Å². The maximum Gasteiger partial charge on any atom is 0.410 e. The molecule has 1 fully saturated rings. The van der Waals surface area contributed by atoms with E-state index in [9.17, 15) is 9.90 Å². The number of hydrogen-bond donors (Lipinski definition) is 2. The van der Waals surface area contributed by atoms with Gasteiger partial charge in [-0.3, -0.25) is 0 Å². The predicted octanol–water partition coefficient (Wildman–Crippen LogP) is 0.243. The summed E-state index contributed by atoms with van der Waals surface area (Å²) in [5.74, 6) is 0. The Labute approximate surface area is 98.8 Å². The Kier molecular flexibility index (Phi) is 2.57. The van der Waals surface area contributed by atoms with Gasteiger partial charge in [0.15, 0.2) is 0 Å². The quantitative estimate of drug-likeness (QED) is 0.733. The number of hydrogen-bond acceptors (Lipinski definition) is 5. The molecular formula is C10H16N4O3. The van der Waals surface area contributed by atoms with E-state index in [2.05, 4.69) is 15.4 Å². The summed E-state index contributed by atoms with van der Waals surface area (Å²) in [5.41, 5.74) is -1.19. The molecule has 17 heavy (non-hydrogen) atoms. The Morgan fingerprint density at radius 2 is 2.24 bits per heavy atom. The van der Waals surface area contributed by atoms with Crippen LogP contribution in [0.3, 0.4) is 0 Å². The van der Waals surface area contributed by atoms with Gasteiger partial charge < -0.3 is 14.7 Å². The van der Waals surface area contributed by atoms with Crippen molar-refractivity contribution in [3.8, 4) is 0 Å². The second-order valence-corrected chi connectivity index (χ2v) is 5.22. The molecule has 0 saturated carbocycles. The molecule has 2 rings (SSSR count). The largest absolute Gasteiger partial charge is 0.444 e. The maximum atomic E-state index is 11.6. The summed E-state index contributed by atoms with van der Waals surface area (Å²) in [7, 11) is 0. The van der Waals surface area contributed by atoms with Crippen LogP contribution in [0, 0.1) is 0 Å². The predicted molar refractivity (Wildman–Crippen MR) is 58.1 cm³/mol. The summed E-state index contributed by atoms with van der Waals surface area (Å²) in [6, 6.07) is 0. The summed E-state index contributed by atoms with van der Waals surface area (Å²) < 4.78 is 5.18. The first-order chi connectivity index (χ1) is 7.80. The van der Waals surface area contributed by atoms with E-state index >= 15 is 0 Å². The summed E-state index contributed by atoms with van der Waals surface area (Å²) in [6.07, 6.45) is 1.03. The van der Waals surface area contributed by atoms with Crippen LogP contribution in [0.5, 0.6) is 0 Å². The van der Waals surface area contributed by atoms with Crippen molar-refractivity contribution in [3.63, 3.8) is 0 Å². The van der Waals surface area contributed by atoms with Crippen molar-refractivity contribution in [2.75, 3.05) is 13.1 Å². The van der Waals surface area contributed by atoms with E-state index < -0.39 is 17.3 Å². The van der Waals surface area contributed by atoms with Crippen molar-refractivity contribution < 1.29 is 14.6 Å². The first-order valence-electron chi connectivity index (χ1n) is 5.37. The lowest BCUT2D eigenvalue weighted by molar-refractivity contribution is -0.106. The monoisotopic (exact) mass is 240 g/mol. The molecule has 1 aromatic heterocycles. The highest BCUT2D eigenvalue weighted by molar-refractivity contribution is 5.69. The van der Waals surface area contributed by atoms with Gasteiger partial charge in [-0.2, -0.15) is 15.4 Å². The molecule has 1 saturated heterocycles. The summed E-state index contributed by atoms with van der Waals surface area (Å²) in [6.45, 7) is 5.75. The number of ether oxygens (including phenoxy) is 1. The van der Waals surface area contributed by atoms with Gasteiger partial charge >= 0.3 is 6.09 Å². The van der Waals surface area contributed by atoms with Crippen molar-refractivity contribution in [2.45, 2.75) is 32.0 Å². The van der Waals surface area contributed by atoms with E-state index in [-0.39, 0.29) is 13.1 Å². The van der Waals surface area contributed by atoms with Gasteiger partial charge in [0.1, 0.15) is 16.9 Å². The number of carbonyl (C=O) groups is 1. The fourth-order valence-electron chi connectivity index (χ4n) is 1.63. The van der Waals surface area contributed by atoms with E-state index in [0.29, 0.717) is 5.69 Å². The van der Waals surface area contributed by atoms with E-state index in [4.69, 9.17) is 4.74 Å². The Hall–Kier alpha value is -1.63. The normalized spacial score (nSPS) is 18.7. The number of amides is 1. The third-order valence-electron chi connectivity index (χ3n) is 2.45. The Morgan fingerprint density at radius 3 is 2.71 bits per heavy atom. The number of aromatic nitrogens is 3. The molecule has 0 atom stereocenters. The van der Waals surface area contributed by atoms with Gasteiger partial charge in [0, 0.05) is 0 Å². The standard InChI is InChI=1S/C10H16N4O3/c1-9(2,3)17-8(15)14-5-10(16,6-14)7-4-11-13-12-7/h4,16H,5-6H2,1-3H3,(H,11,12,13). The van der Waals surface area contributed by atoms with Crippen LogP contribution in [0.2, 0.25) is 0 Å². The molecule has 1 aliphatic rings. The molecule has 2 heterocycles. The van der Waals surface area contributed by atoms with Crippen LogP contribution in [0.4, 0.5) is 4.79 Å². The van der Waals surface area contributed by atoms with Crippen molar-refractivity contribution >= 4 is 6.09 Å². The van der Waals surface area contributed by atoms with E-state index in [1.54, 1.807) is 20.8 Å². The lowest BCUT2D eigenvalue weighted by Crippen LogP contribution is -2.62. The summed E-state index contributed by atoms with van der Waals surface area (Å²) in [5, 5.41) is 20.0. The summed E-state index contributed by atoms with van der Waals surface area (Å²) in [4.78, 5) is 13.1. The van der Waals surface area contributed by atoms with Crippen molar-refractivity contribution in [2.24, 2.45) is 0 Å². The molecule has 94 valence electrons. The number of carbonyl (C=O) groups excluding carboxylic acids is 1. The number of β-amino-alcohol motifs (C(OH)–C–C–N with tert-alkyl or cyclic N) is 1. The maximum absolute atomic E-state index is 11.6. The molecular weight excluding hydrogens is 224 g/mol. The molecule has 1 amide bonds. The van der Waals surface area contributed by atoms with Crippen molar-refractivity contribution in [1.82, 2.24) is 20.3 Å². The average Bonchev–Trinajstić information content (AvgIpc) is 2.62. The average molecular weight is 240 g/mol. The molecule has 0 bridgehead atoms. The zero-order chi connectivity index (χ0) is 12.7. The van der Waals surface area contributed by atoms with Gasteiger partial charge in [-0.05, 0) is 20.8 Å². The molecule has 0 radical (unpaired) electrons. The van der Waals surface area contributed by atoms with Crippen molar-refractivity contribution in [1.29, 1.82) is 0 Å². The van der Waals surface area contributed by atoms with Crippen LogP contribution >= 0.6 is 0 Å². The van der Waals surface area contributed by atoms with Gasteiger partial charge in [0.25, 0.3) is 0 Å². The van der Waals surface area contributed by atoms with Crippen molar-refractivity contribution in [3.05, 3.63) is 11.9 Å². The number of rotatable bonds is 1. The van der Waals surface area contributed by atoms with Gasteiger partial charge in [-0.1, -0.05) is 0 Å². The number of aliphatic hydroxyl groups is 1. The van der Waals surface area contributed by atoms with Crippen LogP contribution in [-0.2, 0) is 10.3 Å². The number of H-pyrrole nitrogens is 1. The molecule has 1 aliphatic heterocycles. The minimum atomic E-state index is -1.11. The van der Waals surface area contributed by atoms with Crippen LogP contribution < -0.4 is 0 Å². The number of nitrogens with one attached hydrogen (secondary N) is 1. The zero-order valence-electron chi connectivity index (χ0n) is 10.1. The second kappa shape index (κ2) is 3.69. The zero-order valence-corrected chi connectivity index (χ0v) is 10.1. The molecule has 0 spiro atoms. The van der Waals surface area contributed by atoms with Crippen LogP contribution in [-0.4, -0.2) is 50.2 Å².